The van der Waals surface area contributed by atoms with Gasteiger partial charge in [-0.3, -0.25) is 10.2 Å². The maximum Gasteiger partial charge on any atom is 0.246 e. The summed E-state index contributed by atoms with van der Waals surface area (Å²) in [5.41, 5.74) is 1.32. The molecule has 43 heavy (non-hydrogen) atoms. The van der Waals surface area contributed by atoms with Gasteiger partial charge in [-0.25, -0.2) is 8.78 Å². The van der Waals surface area contributed by atoms with Crippen molar-refractivity contribution in [2.75, 3.05) is 51.8 Å². The maximum absolute atomic E-state index is 15.0. The zero-order valence-electron chi connectivity index (χ0n) is 24.5. The number of amides is 1. The molecule has 0 bridgehead atoms. The number of anilines is 1. The van der Waals surface area contributed by atoms with Gasteiger partial charge in [0.25, 0.3) is 0 Å². The molecule has 0 spiro atoms. The van der Waals surface area contributed by atoms with Crippen LogP contribution >= 0.6 is 11.6 Å². The SMILES string of the molecule is C=CC(=O)N1C[C@H](C)N(C(=N)c2cc(Cl)c(-c3ccc(F)cc3F)c3c2N[C@H](COC[C@H]2CCCN2C)CO3)C[C@H]1C=C. The minimum absolute atomic E-state index is 0.0955. The lowest BCUT2D eigenvalue weighted by molar-refractivity contribution is -0.129. The molecule has 1 amide bonds. The summed E-state index contributed by atoms with van der Waals surface area (Å²) < 4.78 is 41.1. The Morgan fingerprint density at radius 2 is 2.02 bits per heavy atom. The number of fused-ring (bicyclic) bond motifs is 1. The van der Waals surface area contributed by atoms with E-state index in [0.29, 0.717) is 43.6 Å². The number of piperazine rings is 1. The molecule has 0 unspecified atom stereocenters. The number of benzene rings is 2. The van der Waals surface area contributed by atoms with Crippen molar-refractivity contribution in [1.29, 1.82) is 5.41 Å². The minimum Gasteiger partial charge on any atom is -0.488 e. The van der Waals surface area contributed by atoms with Crippen molar-refractivity contribution in [3.8, 4) is 16.9 Å². The summed E-state index contributed by atoms with van der Waals surface area (Å²) >= 11 is 6.78. The summed E-state index contributed by atoms with van der Waals surface area (Å²) in [5, 5.41) is 13.0. The monoisotopic (exact) mass is 613 g/mol. The van der Waals surface area contributed by atoms with Crippen molar-refractivity contribution in [3.05, 3.63) is 71.8 Å². The lowest BCUT2D eigenvalue weighted by Crippen LogP contribution is -2.59. The van der Waals surface area contributed by atoms with E-state index in [4.69, 9.17) is 21.1 Å². The van der Waals surface area contributed by atoms with E-state index in [2.05, 4.69) is 30.4 Å². The number of hydrogen-bond donors (Lipinski definition) is 2. The van der Waals surface area contributed by atoms with E-state index in [9.17, 15) is 14.6 Å². The number of hydrogen-bond acceptors (Lipinski definition) is 6. The second-order valence-electron chi connectivity index (χ2n) is 11.4. The zero-order chi connectivity index (χ0) is 30.8. The van der Waals surface area contributed by atoms with Crippen LogP contribution in [0.15, 0.2) is 49.6 Å². The van der Waals surface area contributed by atoms with Crippen LogP contribution in [0.5, 0.6) is 5.75 Å². The molecule has 0 saturated carbocycles. The van der Waals surface area contributed by atoms with E-state index in [0.717, 1.165) is 25.5 Å². The van der Waals surface area contributed by atoms with Gasteiger partial charge in [0.05, 0.1) is 36.0 Å². The van der Waals surface area contributed by atoms with Crippen LogP contribution in [0.4, 0.5) is 14.5 Å². The van der Waals surface area contributed by atoms with E-state index in [1.807, 2.05) is 11.8 Å². The third-order valence-electron chi connectivity index (χ3n) is 8.56. The van der Waals surface area contributed by atoms with E-state index >= 15 is 4.39 Å². The summed E-state index contributed by atoms with van der Waals surface area (Å²) in [7, 11) is 2.10. The molecule has 8 nitrogen and oxygen atoms in total. The number of halogens is 3. The number of amidine groups is 1. The highest BCUT2D eigenvalue weighted by atomic mass is 35.5. The average molecular weight is 614 g/mol. The summed E-state index contributed by atoms with van der Waals surface area (Å²) in [6.07, 6.45) is 5.21. The smallest absolute Gasteiger partial charge is 0.246 e. The van der Waals surface area contributed by atoms with Gasteiger partial charge >= 0.3 is 0 Å². The van der Waals surface area contributed by atoms with Crippen LogP contribution in [-0.4, -0.2) is 97.1 Å². The highest BCUT2D eigenvalue weighted by molar-refractivity contribution is 6.34. The van der Waals surface area contributed by atoms with Gasteiger partial charge in [0.15, 0.2) is 5.75 Å². The Bertz CT molecular complexity index is 1420. The third kappa shape index (κ3) is 6.27. The fourth-order valence-corrected chi connectivity index (χ4v) is 6.43. The van der Waals surface area contributed by atoms with Gasteiger partial charge in [0.2, 0.25) is 5.91 Å². The molecule has 11 heteroatoms. The lowest BCUT2D eigenvalue weighted by atomic mass is 9.96. The molecule has 2 aromatic rings. The molecule has 0 aliphatic carbocycles. The van der Waals surface area contributed by atoms with Crippen molar-refractivity contribution < 1.29 is 23.0 Å². The highest BCUT2D eigenvalue weighted by Gasteiger charge is 2.36. The highest BCUT2D eigenvalue weighted by Crippen LogP contribution is 2.47. The number of ether oxygens (including phenoxy) is 2. The topological polar surface area (TPSA) is 81.1 Å². The minimum atomic E-state index is -0.771. The number of nitrogens with one attached hydrogen (secondary N) is 2. The van der Waals surface area contributed by atoms with Crippen LogP contribution in [0.3, 0.4) is 0 Å². The summed E-state index contributed by atoms with van der Waals surface area (Å²) in [5.74, 6) is -1.21. The van der Waals surface area contributed by atoms with E-state index in [1.165, 1.54) is 18.2 Å². The molecular weight excluding hydrogens is 576 g/mol. The standard InChI is InChI=1S/C32H38ClF2N5O3/c1-5-22-15-39(19(3)14-40(22)28(41)6-2)32(36)25-13-26(33)29(24-10-9-20(34)12-27(24)35)31-30(25)37-21(17-43-31)16-42-18-23-8-7-11-38(23)4/h5-6,9-10,12-13,19,21-23,36-37H,1-2,7-8,11,14-18H2,3-4H3/t19-,21+,22+,23+/m0/s1. The first-order chi connectivity index (χ1) is 20.6. The number of rotatable bonds is 8. The van der Waals surface area contributed by atoms with Crippen LogP contribution in [-0.2, 0) is 9.53 Å². The number of carbonyl (C=O) groups excluding carboxylic acids is 1. The summed E-state index contributed by atoms with van der Waals surface area (Å²) in [6, 6.07) is 4.53. The van der Waals surface area contributed by atoms with E-state index < -0.39 is 11.6 Å². The normalized spacial score (nSPS) is 23.7. The predicted octanol–water partition coefficient (Wildman–Crippen LogP) is 5.17. The fourth-order valence-electron chi connectivity index (χ4n) is 6.14. The Balaban J connectivity index is 1.48. The quantitative estimate of drug-likeness (QED) is 0.185. The Hall–Kier alpha value is -3.47. The van der Waals surface area contributed by atoms with Crippen molar-refractivity contribution in [2.45, 2.75) is 43.9 Å². The third-order valence-corrected chi connectivity index (χ3v) is 8.86. The van der Waals surface area contributed by atoms with Gasteiger partial charge in [-0.2, -0.15) is 0 Å². The molecule has 2 aromatic carbocycles. The fraction of sp³-hybridized carbons (Fsp3) is 0.438. The predicted molar refractivity (Wildman–Crippen MR) is 165 cm³/mol. The average Bonchev–Trinajstić information content (AvgIpc) is 3.40. The van der Waals surface area contributed by atoms with Crippen LogP contribution in [0.25, 0.3) is 11.1 Å². The van der Waals surface area contributed by atoms with Crippen LogP contribution in [0.1, 0.15) is 25.3 Å². The molecule has 2 fully saturated rings. The molecule has 3 aliphatic heterocycles. The van der Waals surface area contributed by atoms with Gasteiger partial charge in [-0.15, -0.1) is 6.58 Å². The first-order valence-corrected chi connectivity index (χ1v) is 14.9. The molecule has 3 aliphatic rings. The lowest BCUT2D eigenvalue weighted by Gasteiger charge is -2.45. The van der Waals surface area contributed by atoms with Crippen molar-refractivity contribution >= 4 is 29.0 Å². The van der Waals surface area contributed by atoms with Gasteiger partial charge < -0.3 is 29.5 Å². The Kier molecular flexibility index (Phi) is 9.39. The maximum atomic E-state index is 15.0. The largest absolute Gasteiger partial charge is 0.488 e. The van der Waals surface area contributed by atoms with Crippen LogP contribution in [0, 0.1) is 17.0 Å². The van der Waals surface area contributed by atoms with Crippen molar-refractivity contribution in [2.24, 2.45) is 0 Å². The molecule has 0 radical (unpaired) electrons. The zero-order valence-corrected chi connectivity index (χ0v) is 25.3. The first kappa shape index (κ1) is 31.0. The number of carbonyl (C=O) groups is 1. The second-order valence-corrected chi connectivity index (χ2v) is 11.8. The van der Waals surface area contributed by atoms with Gasteiger partial charge in [0, 0.05) is 47.9 Å². The number of likely N-dealkylation sites (N-methyl/N-ethyl adjacent to an activating group) is 1. The second kappa shape index (κ2) is 13.0. The molecule has 4 atom stereocenters. The first-order valence-electron chi connectivity index (χ1n) is 14.5. The number of nitrogens with zero attached hydrogens (tertiary/aromatic N) is 3. The van der Waals surface area contributed by atoms with Crippen LogP contribution < -0.4 is 10.1 Å². The van der Waals surface area contributed by atoms with E-state index in [-0.39, 0.29) is 58.4 Å². The molecule has 3 heterocycles. The molecular formula is C32H38ClF2N5O3. The molecule has 0 aromatic heterocycles. The Morgan fingerprint density at radius 1 is 1.23 bits per heavy atom. The Labute approximate surface area is 256 Å². The molecule has 230 valence electrons. The number of likely N-dealkylation sites (tertiary alicyclic amines) is 1. The summed E-state index contributed by atoms with van der Waals surface area (Å²) in [6.45, 7) is 12.4. The van der Waals surface area contributed by atoms with Gasteiger partial charge in [-0.05, 0) is 57.6 Å². The molecule has 5 rings (SSSR count). The van der Waals surface area contributed by atoms with Gasteiger partial charge in [-0.1, -0.05) is 24.3 Å². The Morgan fingerprint density at radius 3 is 2.70 bits per heavy atom. The molecule has 2 saturated heterocycles. The summed E-state index contributed by atoms with van der Waals surface area (Å²) in [4.78, 5) is 18.4. The van der Waals surface area contributed by atoms with Crippen LogP contribution in [0.2, 0.25) is 5.02 Å². The van der Waals surface area contributed by atoms with Crippen molar-refractivity contribution in [1.82, 2.24) is 14.7 Å². The van der Waals surface area contributed by atoms with Crippen molar-refractivity contribution in [3.63, 3.8) is 0 Å². The van der Waals surface area contributed by atoms with Gasteiger partial charge in [0.1, 0.15) is 24.1 Å². The van der Waals surface area contributed by atoms with E-state index in [1.54, 1.807) is 17.0 Å². The molecule has 2 N–H and O–H groups in total.